The Morgan fingerprint density at radius 1 is 1.27 bits per heavy atom. The van der Waals surface area contributed by atoms with Gasteiger partial charge in [-0.05, 0) is 36.9 Å². The van der Waals surface area contributed by atoms with Gasteiger partial charge >= 0.3 is 5.51 Å². The van der Waals surface area contributed by atoms with Gasteiger partial charge in [-0.2, -0.15) is 13.2 Å². The van der Waals surface area contributed by atoms with Crippen molar-refractivity contribution in [3.8, 4) is 11.8 Å². The highest BCUT2D eigenvalue weighted by Gasteiger charge is 2.30. The van der Waals surface area contributed by atoms with Crippen molar-refractivity contribution >= 4 is 11.8 Å². The van der Waals surface area contributed by atoms with Gasteiger partial charge < -0.3 is 0 Å². The van der Waals surface area contributed by atoms with Gasteiger partial charge in [0.25, 0.3) is 0 Å². The fourth-order valence-corrected chi connectivity index (χ4v) is 1.59. The summed E-state index contributed by atoms with van der Waals surface area (Å²) in [6, 6.07) is 3.15. The molecule has 0 bridgehead atoms. The number of hydrogen-bond donors (Lipinski definition) is 0. The van der Waals surface area contributed by atoms with E-state index in [2.05, 4.69) is 11.8 Å². The van der Waals surface area contributed by atoms with Crippen molar-refractivity contribution in [3.05, 3.63) is 29.6 Å². The molecule has 0 N–H and O–H groups in total. The van der Waals surface area contributed by atoms with E-state index in [1.54, 1.807) is 0 Å². The zero-order chi connectivity index (χ0) is 11.5. The van der Waals surface area contributed by atoms with Crippen LogP contribution in [0, 0.1) is 17.7 Å². The first-order valence-corrected chi connectivity index (χ1v) is 4.72. The van der Waals surface area contributed by atoms with Crippen molar-refractivity contribution in [3.63, 3.8) is 0 Å². The molecule has 0 unspecified atom stereocenters. The molecule has 0 nitrogen and oxygen atoms in total. The maximum Gasteiger partial charge on any atom is 0.446 e. The van der Waals surface area contributed by atoms with E-state index in [1.807, 2.05) is 0 Å². The summed E-state index contributed by atoms with van der Waals surface area (Å²) in [6.07, 6.45) is 0. The van der Waals surface area contributed by atoms with Crippen molar-refractivity contribution in [2.24, 2.45) is 0 Å². The van der Waals surface area contributed by atoms with Crippen molar-refractivity contribution in [2.75, 3.05) is 0 Å². The molecule has 0 saturated heterocycles. The Morgan fingerprint density at radius 2 is 1.93 bits per heavy atom. The van der Waals surface area contributed by atoms with Gasteiger partial charge in [0.1, 0.15) is 5.82 Å². The zero-order valence-corrected chi connectivity index (χ0v) is 8.47. The number of alkyl halides is 3. The van der Waals surface area contributed by atoms with Gasteiger partial charge in [-0.25, -0.2) is 4.39 Å². The Kier molecular flexibility index (Phi) is 3.64. The van der Waals surface area contributed by atoms with Gasteiger partial charge in [0.15, 0.2) is 0 Å². The van der Waals surface area contributed by atoms with Gasteiger partial charge in [0.05, 0.1) is 0 Å². The van der Waals surface area contributed by atoms with E-state index >= 15 is 0 Å². The van der Waals surface area contributed by atoms with Gasteiger partial charge in [-0.3, -0.25) is 0 Å². The molecule has 0 aliphatic heterocycles. The van der Waals surface area contributed by atoms with Crippen LogP contribution in [0.3, 0.4) is 0 Å². The highest BCUT2D eigenvalue weighted by Crippen LogP contribution is 2.38. The van der Waals surface area contributed by atoms with E-state index in [0.29, 0.717) is 0 Å². The Balaban J connectivity index is 3.11. The molecule has 0 amide bonds. The van der Waals surface area contributed by atoms with Crippen molar-refractivity contribution in [1.82, 2.24) is 0 Å². The Bertz CT molecular complexity index is 412. The topological polar surface area (TPSA) is 0 Å². The first-order chi connectivity index (χ1) is 6.92. The van der Waals surface area contributed by atoms with Crippen LogP contribution in [0.5, 0.6) is 0 Å². The summed E-state index contributed by atoms with van der Waals surface area (Å²) in [4.78, 5) is -0.211. The lowest BCUT2D eigenvalue weighted by molar-refractivity contribution is -0.0328. The fourth-order valence-electron chi connectivity index (χ4n) is 0.943. The third kappa shape index (κ3) is 3.84. The summed E-state index contributed by atoms with van der Waals surface area (Å²) in [5.41, 5.74) is -4.25. The second-order valence-corrected chi connectivity index (χ2v) is 3.67. The SMILES string of the molecule is CC#Cc1ccc(F)cc1SC(F)(F)F. The summed E-state index contributed by atoms with van der Waals surface area (Å²) >= 11 is -0.361. The van der Waals surface area contributed by atoms with Gasteiger partial charge in [-0.15, -0.1) is 5.92 Å². The fraction of sp³-hybridized carbons (Fsp3) is 0.200. The number of thioether (sulfide) groups is 1. The number of halogens is 4. The van der Waals surface area contributed by atoms with Crippen molar-refractivity contribution in [1.29, 1.82) is 0 Å². The average Bonchev–Trinajstić information content (AvgIpc) is 2.07. The maximum atomic E-state index is 12.7. The van der Waals surface area contributed by atoms with Crippen LogP contribution in [-0.4, -0.2) is 5.51 Å². The second-order valence-electron chi connectivity index (χ2n) is 2.56. The predicted octanol–water partition coefficient (Wildman–Crippen LogP) is 3.81. The number of hydrogen-bond acceptors (Lipinski definition) is 1. The smallest absolute Gasteiger partial charge is 0.207 e. The Labute approximate surface area is 88.7 Å². The summed E-state index contributed by atoms with van der Waals surface area (Å²) in [5, 5.41) is 0. The van der Waals surface area contributed by atoms with Crippen LogP contribution < -0.4 is 0 Å². The minimum Gasteiger partial charge on any atom is -0.207 e. The third-order valence-electron chi connectivity index (χ3n) is 1.43. The summed E-state index contributed by atoms with van der Waals surface area (Å²) < 4.78 is 49.0. The lowest BCUT2D eigenvalue weighted by atomic mass is 10.2. The quantitative estimate of drug-likeness (QED) is 0.404. The van der Waals surface area contributed by atoms with E-state index in [1.165, 1.54) is 13.0 Å². The second kappa shape index (κ2) is 4.58. The molecule has 0 saturated carbocycles. The number of benzene rings is 1. The molecular formula is C10H6F4S. The summed E-state index contributed by atoms with van der Waals surface area (Å²) in [7, 11) is 0. The van der Waals surface area contributed by atoms with Crippen LogP contribution in [0.25, 0.3) is 0 Å². The zero-order valence-electron chi connectivity index (χ0n) is 7.65. The molecule has 0 spiro atoms. The lowest BCUT2D eigenvalue weighted by Gasteiger charge is -2.07. The molecule has 15 heavy (non-hydrogen) atoms. The largest absolute Gasteiger partial charge is 0.446 e. The molecule has 0 aliphatic carbocycles. The first-order valence-electron chi connectivity index (χ1n) is 3.90. The molecule has 0 aromatic heterocycles. The molecule has 1 rings (SSSR count). The van der Waals surface area contributed by atoms with E-state index in [-0.39, 0.29) is 22.2 Å². The standard InChI is InChI=1S/C10H6F4S/c1-2-3-7-4-5-8(11)6-9(7)15-10(12,13)14/h4-6H,1H3. The molecule has 0 atom stereocenters. The van der Waals surface area contributed by atoms with Crippen molar-refractivity contribution in [2.45, 2.75) is 17.3 Å². The molecule has 0 heterocycles. The van der Waals surface area contributed by atoms with Gasteiger partial charge in [-0.1, -0.05) is 5.92 Å². The van der Waals surface area contributed by atoms with Gasteiger partial charge in [0.2, 0.25) is 0 Å². The summed E-state index contributed by atoms with van der Waals surface area (Å²) in [5.74, 6) is 4.26. The minimum absolute atomic E-state index is 0.182. The lowest BCUT2D eigenvalue weighted by Crippen LogP contribution is -2.00. The van der Waals surface area contributed by atoms with Crippen LogP contribution in [0.1, 0.15) is 12.5 Å². The molecule has 0 radical (unpaired) electrons. The molecule has 0 fully saturated rings. The number of rotatable bonds is 1. The van der Waals surface area contributed by atoms with E-state index in [4.69, 9.17) is 0 Å². The Hall–Kier alpha value is -1.15. The molecular weight excluding hydrogens is 228 g/mol. The van der Waals surface area contributed by atoms with Gasteiger partial charge in [0, 0.05) is 10.5 Å². The van der Waals surface area contributed by atoms with Crippen LogP contribution in [0.4, 0.5) is 17.6 Å². The Morgan fingerprint density at radius 3 is 2.47 bits per heavy atom. The average molecular weight is 234 g/mol. The molecule has 1 aromatic rings. The molecule has 0 aliphatic rings. The highest BCUT2D eigenvalue weighted by molar-refractivity contribution is 8.00. The molecule has 5 heteroatoms. The predicted molar refractivity (Wildman–Crippen MR) is 50.9 cm³/mol. The van der Waals surface area contributed by atoms with Crippen LogP contribution in [0.15, 0.2) is 23.1 Å². The van der Waals surface area contributed by atoms with Crippen LogP contribution in [-0.2, 0) is 0 Å². The summed E-state index contributed by atoms with van der Waals surface area (Å²) in [6.45, 7) is 1.51. The first kappa shape index (κ1) is 11.9. The van der Waals surface area contributed by atoms with E-state index in [9.17, 15) is 17.6 Å². The highest BCUT2D eigenvalue weighted by atomic mass is 32.2. The normalized spacial score (nSPS) is 10.7. The van der Waals surface area contributed by atoms with Crippen molar-refractivity contribution < 1.29 is 17.6 Å². The monoisotopic (exact) mass is 234 g/mol. The van der Waals surface area contributed by atoms with E-state index < -0.39 is 11.3 Å². The third-order valence-corrected chi connectivity index (χ3v) is 2.22. The molecule has 80 valence electrons. The maximum absolute atomic E-state index is 12.7. The van der Waals surface area contributed by atoms with E-state index in [0.717, 1.165) is 12.1 Å². The van der Waals surface area contributed by atoms with Crippen LogP contribution >= 0.6 is 11.8 Å². The molecule has 1 aromatic carbocycles. The van der Waals surface area contributed by atoms with Crippen LogP contribution in [0.2, 0.25) is 0 Å². The minimum atomic E-state index is -4.43.